The summed E-state index contributed by atoms with van der Waals surface area (Å²) in [5, 5.41) is 10.1. The highest BCUT2D eigenvalue weighted by Crippen LogP contribution is 2.27. The zero-order chi connectivity index (χ0) is 20.4. The zero-order valence-electron chi connectivity index (χ0n) is 14.3. The Bertz CT molecular complexity index is 1080. The Labute approximate surface area is 162 Å². The molecular formula is C18H16N2O6S2. The second-order valence-corrected chi connectivity index (χ2v) is 8.83. The van der Waals surface area contributed by atoms with Crippen LogP contribution in [0.15, 0.2) is 82.6 Å². The third-order valence-corrected chi connectivity index (χ3v) is 5.46. The Morgan fingerprint density at radius 3 is 0.893 bits per heavy atom. The highest BCUT2D eigenvalue weighted by Gasteiger charge is 2.09. The van der Waals surface area contributed by atoms with Crippen molar-refractivity contribution in [3.8, 4) is 23.0 Å². The standard InChI is InChI=1S/C18H16N2O6S2/c19-27(21,22)17-9-5-15(6-10-17)25-13-1-2-14(4-3-13)26-16-7-11-18(12-8-16)28(20,23)24/h1-12H,(H2,19,21,22)(H2,20,23,24). The van der Waals surface area contributed by atoms with Crippen molar-refractivity contribution < 1.29 is 26.3 Å². The lowest BCUT2D eigenvalue weighted by molar-refractivity contribution is 0.469. The van der Waals surface area contributed by atoms with Crippen LogP contribution >= 0.6 is 0 Å². The molecule has 10 heteroatoms. The maximum Gasteiger partial charge on any atom is 0.238 e. The van der Waals surface area contributed by atoms with Gasteiger partial charge in [0.2, 0.25) is 20.0 Å². The Morgan fingerprint density at radius 2 is 0.679 bits per heavy atom. The Hall–Kier alpha value is -2.92. The second kappa shape index (κ2) is 7.60. The molecule has 0 saturated heterocycles. The minimum absolute atomic E-state index is 0.00273. The smallest absolute Gasteiger partial charge is 0.238 e. The van der Waals surface area contributed by atoms with Crippen molar-refractivity contribution in [2.75, 3.05) is 0 Å². The van der Waals surface area contributed by atoms with Gasteiger partial charge in [0.15, 0.2) is 0 Å². The summed E-state index contributed by atoms with van der Waals surface area (Å²) in [6.07, 6.45) is 0. The average molecular weight is 420 g/mol. The van der Waals surface area contributed by atoms with Gasteiger partial charge in [-0.05, 0) is 72.8 Å². The maximum absolute atomic E-state index is 11.2. The molecular weight excluding hydrogens is 404 g/mol. The largest absolute Gasteiger partial charge is 0.457 e. The van der Waals surface area contributed by atoms with Gasteiger partial charge in [0.05, 0.1) is 9.79 Å². The molecule has 0 spiro atoms. The third-order valence-electron chi connectivity index (χ3n) is 3.60. The fourth-order valence-electron chi connectivity index (χ4n) is 2.24. The quantitative estimate of drug-likeness (QED) is 0.628. The van der Waals surface area contributed by atoms with E-state index < -0.39 is 20.0 Å². The highest BCUT2D eigenvalue weighted by molar-refractivity contribution is 7.89. The summed E-state index contributed by atoms with van der Waals surface area (Å²) in [6, 6.07) is 18.1. The number of hydrogen-bond donors (Lipinski definition) is 2. The van der Waals surface area contributed by atoms with Crippen LogP contribution in [0.5, 0.6) is 23.0 Å². The molecule has 0 amide bonds. The van der Waals surface area contributed by atoms with Crippen LogP contribution in [0.3, 0.4) is 0 Å². The van der Waals surface area contributed by atoms with Crippen LogP contribution in [0.2, 0.25) is 0 Å². The molecule has 0 saturated carbocycles. The van der Waals surface area contributed by atoms with Crippen LogP contribution in [0, 0.1) is 0 Å². The van der Waals surface area contributed by atoms with E-state index >= 15 is 0 Å². The Morgan fingerprint density at radius 1 is 0.464 bits per heavy atom. The van der Waals surface area contributed by atoms with E-state index in [4.69, 9.17) is 19.8 Å². The lowest BCUT2D eigenvalue weighted by Gasteiger charge is -2.09. The van der Waals surface area contributed by atoms with Gasteiger partial charge in [-0.3, -0.25) is 0 Å². The molecule has 3 aromatic rings. The number of hydrogen-bond acceptors (Lipinski definition) is 6. The maximum atomic E-state index is 11.2. The monoisotopic (exact) mass is 420 g/mol. The molecule has 28 heavy (non-hydrogen) atoms. The molecule has 0 unspecified atom stereocenters. The number of ether oxygens (including phenoxy) is 2. The van der Waals surface area contributed by atoms with Gasteiger partial charge in [-0.2, -0.15) is 0 Å². The fourth-order valence-corrected chi connectivity index (χ4v) is 3.27. The van der Waals surface area contributed by atoms with Gasteiger partial charge in [0.25, 0.3) is 0 Å². The number of benzene rings is 3. The van der Waals surface area contributed by atoms with Crippen molar-refractivity contribution in [3.63, 3.8) is 0 Å². The van der Waals surface area contributed by atoms with E-state index in [-0.39, 0.29) is 9.79 Å². The van der Waals surface area contributed by atoms with E-state index in [2.05, 4.69) is 0 Å². The first kappa shape index (κ1) is 19.8. The third kappa shape index (κ3) is 5.08. The highest BCUT2D eigenvalue weighted by atomic mass is 32.2. The fraction of sp³-hybridized carbons (Fsp3) is 0. The number of sulfonamides is 2. The average Bonchev–Trinajstić information content (AvgIpc) is 2.63. The summed E-state index contributed by atoms with van der Waals surface area (Å²) in [4.78, 5) is -0.00546. The van der Waals surface area contributed by atoms with E-state index in [1.807, 2.05) is 0 Å². The van der Waals surface area contributed by atoms with Crippen LogP contribution in [-0.2, 0) is 20.0 Å². The molecule has 8 nitrogen and oxygen atoms in total. The van der Waals surface area contributed by atoms with E-state index in [0.29, 0.717) is 23.0 Å². The van der Waals surface area contributed by atoms with Crippen molar-refractivity contribution >= 4 is 20.0 Å². The summed E-state index contributed by atoms with van der Waals surface area (Å²) >= 11 is 0. The van der Waals surface area contributed by atoms with Crippen LogP contribution in [-0.4, -0.2) is 16.8 Å². The first-order chi connectivity index (χ1) is 13.1. The van der Waals surface area contributed by atoms with Crippen molar-refractivity contribution in [2.24, 2.45) is 10.3 Å². The Kier molecular flexibility index (Phi) is 5.38. The second-order valence-electron chi connectivity index (χ2n) is 5.71. The van der Waals surface area contributed by atoms with E-state index in [0.717, 1.165) is 0 Å². The van der Waals surface area contributed by atoms with Crippen LogP contribution in [0.1, 0.15) is 0 Å². The summed E-state index contributed by atoms with van der Waals surface area (Å²) in [7, 11) is -7.50. The molecule has 0 heterocycles. The first-order valence-corrected chi connectivity index (χ1v) is 10.9. The topological polar surface area (TPSA) is 139 Å². The van der Waals surface area contributed by atoms with Gasteiger partial charge in [-0.1, -0.05) is 0 Å². The van der Waals surface area contributed by atoms with Crippen LogP contribution in [0.4, 0.5) is 0 Å². The van der Waals surface area contributed by atoms with Gasteiger partial charge < -0.3 is 9.47 Å². The molecule has 0 radical (unpaired) electrons. The number of rotatable bonds is 6. The lowest BCUT2D eigenvalue weighted by atomic mass is 10.3. The van der Waals surface area contributed by atoms with Crippen LogP contribution < -0.4 is 19.8 Å². The SMILES string of the molecule is NS(=O)(=O)c1ccc(Oc2ccc(Oc3ccc(S(N)(=O)=O)cc3)cc2)cc1. The van der Waals surface area contributed by atoms with E-state index in [9.17, 15) is 16.8 Å². The Balaban J connectivity index is 1.66. The molecule has 3 rings (SSSR count). The van der Waals surface area contributed by atoms with E-state index in [1.54, 1.807) is 24.3 Å². The molecule has 4 N–H and O–H groups in total. The first-order valence-electron chi connectivity index (χ1n) is 7.83. The summed E-state index contributed by atoms with van der Waals surface area (Å²) < 4.78 is 56.2. The van der Waals surface area contributed by atoms with Crippen molar-refractivity contribution in [3.05, 3.63) is 72.8 Å². The van der Waals surface area contributed by atoms with Gasteiger partial charge in [0.1, 0.15) is 23.0 Å². The molecule has 0 fully saturated rings. The van der Waals surface area contributed by atoms with Gasteiger partial charge in [-0.15, -0.1) is 0 Å². The zero-order valence-corrected chi connectivity index (χ0v) is 16.0. The molecule has 0 atom stereocenters. The minimum Gasteiger partial charge on any atom is -0.457 e. The molecule has 0 aliphatic heterocycles. The van der Waals surface area contributed by atoms with Crippen molar-refractivity contribution in [1.82, 2.24) is 0 Å². The van der Waals surface area contributed by atoms with Crippen LogP contribution in [0.25, 0.3) is 0 Å². The molecule has 0 aliphatic rings. The predicted octanol–water partition coefficient (Wildman–Crippen LogP) is 2.57. The van der Waals surface area contributed by atoms with Crippen molar-refractivity contribution in [2.45, 2.75) is 9.79 Å². The minimum atomic E-state index is -3.75. The van der Waals surface area contributed by atoms with Gasteiger partial charge >= 0.3 is 0 Å². The molecule has 146 valence electrons. The summed E-state index contributed by atoms with van der Waals surface area (Å²) in [5.74, 6) is 1.92. The van der Waals surface area contributed by atoms with Gasteiger partial charge in [-0.25, -0.2) is 27.1 Å². The normalized spacial score (nSPS) is 11.8. The molecule has 0 aromatic heterocycles. The number of nitrogens with two attached hydrogens (primary N) is 2. The molecule has 3 aromatic carbocycles. The predicted molar refractivity (Wildman–Crippen MR) is 102 cm³/mol. The van der Waals surface area contributed by atoms with Crippen molar-refractivity contribution in [1.29, 1.82) is 0 Å². The lowest BCUT2D eigenvalue weighted by Crippen LogP contribution is -2.11. The molecule has 0 aliphatic carbocycles. The molecule has 0 bridgehead atoms. The van der Waals surface area contributed by atoms with E-state index in [1.165, 1.54) is 48.5 Å². The van der Waals surface area contributed by atoms with Gasteiger partial charge in [0, 0.05) is 0 Å². The number of primary sulfonamides is 2. The summed E-state index contributed by atoms with van der Waals surface area (Å²) in [6.45, 7) is 0. The summed E-state index contributed by atoms with van der Waals surface area (Å²) in [5.41, 5.74) is 0.